The molecule has 0 aromatic carbocycles. The minimum Gasteiger partial charge on any atom is -0.342 e. The van der Waals surface area contributed by atoms with Crippen LogP contribution >= 0.6 is 24.8 Å². The summed E-state index contributed by atoms with van der Waals surface area (Å²) in [5.74, 6) is 1.04. The van der Waals surface area contributed by atoms with Crippen molar-refractivity contribution in [2.75, 3.05) is 39.8 Å². The van der Waals surface area contributed by atoms with Crippen molar-refractivity contribution in [1.29, 1.82) is 0 Å². The number of likely N-dealkylation sites (tertiary alicyclic amines) is 1. The summed E-state index contributed by atoms with van der Waals surface area (Å²) in [5, 5.41) is 3.42. The molecule has 2 aliphatic rings. The van der Waals surface area contributed by atoms with Crippen LogP contribution in [0.1, 0.15) is 39.0 Å². The smallest absolute Gasteiger partial charge is 0.224 e. The number of carbonyl (C=O) groups excluding carboxylic acids is 1. The molecule has 4 nitrogen and oxygen atoms in total. The van der Waals surface area contributed by atoms with Gasteiger partial charge < -0.3 is 15.1 Å². The normalized spacial score (nSPS) is 24.8. The molecule has 6 heteroatoms. The van der Waals surface area contributed by atoms with Crippen molar-refractivity contribution in [2.45, 2.75) is 45.1 Å². The standard InChI is InChI=1S/C15H29N3O.2ClH/c1-3-8-17(2)11-13-6-9-18(12-13)15(19)10-14-5-4-7-16-14;;/h13-14,16H,3-12H2,1-2H3;2*1H. The van der Waals surface area contributed by atoms with Gasteiger partial charge in [-0.25, -0.2) is 0 Å². The van der Waals surface area contributed by atoms with Crippen LogP contribution in [0.5, 0.6) is 0 Å². The number of rotatable bonds is 6. The van der Waals surface area contributed by atoms with Gasteiger partial charge in [0, 0.05) is 32.1 Å². The predicted octanol–water partition coefficient (Wildman–Crippen LogP) is 2.16. The van der Waals surface area contributed by atoms with E-state index in [-0.39, 0.29) is 24.8 Å². The fraction of sp³-hybridized carbons (Fsp3) is 0.933. The number of nitrogens with one attached hydrogen (secondary N) is 1. The summed E-state index contributed by atoms with van der Waals surface area (Å²) in [5.41, 5.74) is 0. The molecule has 0 saturated carbocycles. The second-order valence-electron chi connectivity index (χ2n) is 6.25. The molecule has 2 fully saturated rings. The van der Waals surface area contributed by atoms with Crippen molar-refractivity contribution >= 4 is 30.7 Å². The first-order valence-electron chi connectivity index (χ1n) is 7.88. The third-order valence-corrected chi connectivity index (χ3v) is 4.40. The minimum absolute atomic E-state index is 0. The van der Waals surface area contributed by atoms with E-state index < -0.39 is 0 Å². The minimum atomic E-state index is 0. The van der Waals surface area contributed by atoms with Gasteiger partial charge in [-0.2, -0.15) is 0 Å². The first-order chi connectivity index (χ1) is 9.19. The van der Waals surface area contributed by atoms with E-state index in [2.05, 4.69) is 29.1 Å². The third-order valence-electron chi connectivity index (χ3n) is 4.40. The Morgan fingerprint density at radius 3 is 2.71 bits per heavy atom. The van der Waals surface area contributed by atoms with Crippen LogP contribution in [0.25, 0.3) is 0 Å². The summed E-state index contributed by atoms with van der Waals surface area (Å²) in [7, 11) is 2.19. The highest BCUT2D eigenvalue weighted by Gasteiger charge is 2.28. The van der Waals surface area contributed by atoms with E-state index >= 15 is 0 Å². The quantitative estimate of drug-likeness (QED) is 0.805. The van der Waals surface area contributed by atoms with Gasteiger partial charge in [-0.1, -0.05) is 6.92 Å². The largest absolute Gasteiger partial charge is 0.342 e. The van der Waals surface area contributed by atoms with Crippen LogP contribution in [0.3, 0.4) is 0 Å². The van der Waals surface area contributed by atoms with E-state index in [1.54, 1.807) is 0 Å². The van der Waals surface area contributed by atoms with E-state index in [1.165, 1.54) is 25.7 Å². The van der Waals surface area contributed by atoms with Crippen LogP contribution in [0.2, 0.25) is 0 Å². The molecule has 2 unspecified atom stereocenters. The van der Waals surface area contributed by atoms with Crippen LogP contribution in [-0.2, 0) is 4.79 Å². The average molecular weight is 340 g/mol. The zero-order valence-electron chi connectivity index (χ0n) is 13.3. The van der Waals surface area contributed by atoms with Gasteiger partial charge in [0.15, 0.2) is 0 Å². The number of hydrogen-bond acceptors (Lipinski definition) is 3. The van der Waals surface area contributed by atoms with E-state index in [4.69, 9.17) is 0 Å². The van der Waals surface area contributed by atoms with Gasteiger partial charge in [-0.15, -0.1) is 24.8 Å². The predicted molar refractivity (Wildman–Crippen MR) is 92.6 cm³/mol. The van der Waals surface area contributed by atoms with Gasteiger partial charge >= 0.3 is 0 Å². The summed E-state index contributed by atoms with van der Waals surface area (Å²) >= 11 is 0. The zero-order valence-corrected chi connectivity index (χ0v) is 15.0. The average Bonchev–Trinajstić information content (AvgIpc) is 3.00. The number of hydrogen-bond donors (Lipinski definition) is 1. The molecule has 0 bridgehead atoms. The molecule has 0 spiro atoms. The molecular weight excluding hydrogens is 309 g/mol. The molecule has 0 aliphatic carbocycles. The molecule has 2 atom stereocenters. The van der Waals surface area contributed by atoms with Gasteiger partial charge in [0.25, 0.3) is 0 Å². The molecule has 126 valence electrons. The number of nitrogens with zero attached hydrogens (tertiary/aromatic N) is 2. The Kier molecular flexibility index (Phi) is 10.6. The van der Waals surface area contributed by atoms with Gasteiger partial charge in [0.1, 0.15) is 0 Å². The molecule has 1 N–H and O–H groups in total. The van der Waals surface area contributed by atoms with Crippen molar-refractivity contribution in [3.05, 3.63) is 0 Å². The van der Waals surface area contributed by atoms with Crippen molar-refractivity contribution < 1.29 is 4.79 Å². The fourth-order valence-electron chi connectivity index (χ4n) is 3.39. The van der Waals surface area contributed by atoms with Gasteiger partial charge in [-0.05, 0) is 51.7 Å². The maximum atomic E-state index is 12.2. The maximum Gasteiger partial charge on any atom is 0.224 e. The fourth-order valence-corrected chi connectivity index (χ4v) is 3.39. The topological polar surface area (TPSA) is 35.6 Å². The molecule has 0 aromatic rings. The van der Waals surface area contributed by atoms with Crippen molar-refractivity contribution in [3.8, 4) is 0 Å². The lowest BCUT2D eigenvalue weighted by Gasteiger charge is -2.22. The summed E-state index contributed by atoms with van der Waals surface area (Å²) in [6.07, 6.45) is 5.49. The Labute approximate surface area is 141 Å². The first kappa shape index (κ1) is 21.0. The second-order valence-corrected chi connectivity index (χ2v) is 6.25. The van der Waals surface area contributed by atoms with Gasteiger partial charge in [-0.3, -0.25) is 4.79 Å². The highest BCUT2D eigenvalue weighted by molar-refractivity contribution is 5.85. The van der Waals surface area contributed by atoms with Gasteiger partial charge in [0.2, 0.25) is 5.91 Å². The highest BCUT2D eigenvalue weighted by Crippen LogP contribution is 2.19. The summed E-state index contributed by atoms with van der Waals surface area (Å²) < 4.78 is 0. The number of halogens is 2. The van der Waals surface area contributed by atoms with E-state index in [9.17, 15) is 4.79 Å². The Bertz CT molecular complexity index is 299. The van der Waals surface area contributed by atoms with Crippen LogP contribution in [0.15, 0.2) is 0 Å². The van der Waals surface area contributed by atoms with Crippen LogP contribution in [0.4, 0.5) is 0 Å². The summed E-state index contributed by atoms with van der Waals surface area (Å²) in [4.78, 5) is 16.7. The molecule has 1 amide bonds. The highest BCUT2D eigenvalue weighted by atomic mass is 35.5. The lowest BCUT2D eigenvalue weighted by Crippen LogP contribution is -2.35. The van der Waals surface area contributed by atoms with E-state index in [0.29, 0.717) is 24.3 Å². The molecule has 2 aliphatic heterocycles. The molecule has 0 radical (unpaired) electrons. The third kappa shape index (κ3) is 6.72. The maximum absolute atomic E-state index is 12.2. The van der Waals surface area contributed by atoms with E-state index in [1.807, 2.05) is 0 Å². The van der Waals surface area contributed by atoms with Crippen LogP contribution in [0, 0.1) is 5.92 Å². The van der Waals surface area contributed by atoms with Crippen LogP contribution < -0.4 is 5.32 Å². The van der Waals surface area contributed by atoms with Crippen molar-refractivity contribution in [2.24, 2.45) is 5.92 Å². The molecular formula is C15H31Cl2N3O. The SMILES string of the molecule is CCCN(C)CC1CCN(C(=O)CC2CCCN2)C1.Cl.Cl. The molecule has 21 heavy (non-hydrogen) atoms. The number of carbonyl (C=O) groups is 1. The van der Waals surface area contributed by atoms with E-state index in [0.717, 1.165) is 32.7 Å². The number of amides is 1. The lowest BCUT2D eigenvalue weighted by molar-refractivity contribution is -0.130. The molecule has 2 saturated heterocycles. The summed E-state index contributed by atoms with van der Waals surface area (Å²) in [6, 6.07) is 0.439. The van der Waals surface area contributed by atoms with Crippen molar-refractivity contribution in [1.82, 2.24) is 15.1 Å². The van der Waals surface area contributed by atoms with Gasteiger partial charge in [0.05, 0.1) is 0 Å². The van der Waals surface area contributed by atoms with Crippen LogP contribution in [-0.4, -0.2) is 61.5 Å². The second kappa shape index (κ2) is 10.7. The Morgan fingerprint density at radius 1 is 1.33 bits per heavy atom. The monoisotopic (exact) mass is 339 g/mol. The Morgan fingerprint density at radius 2 is 2.10 bits per heavy atom. The Hall–Kier alpha value is -0.0300. The molecule has 0 aromatic heterocycles. The first-order valence-corrected chi connectivity index (χ1v) is 7.88. The Balaban J connectivity index is 0.00000200. The van der Waals surface area contributed by atoms with Crippen molar-refractivity contribution in [3.63, 3.8) is 0 Å². The molecule has 2 heterocycles. The molecule has 2 rings (SSSR count). The lowest BCUT2D eigenvalue weighted by atomic mass is 10.1. The zero-order chi connectivity index (χ0) is 13.7. The summed E-state index contributed by atoms with van der Waals surface area (Å²) in [6.45, 7) is 7.55.